The molecule has 2 aliphatic rings. The van der Waals surface area contributed by atoms with Crippen LogP contribution in [0.2, 0.25) is 0 Å². The summed E-state index contributed by atoms with van der Waals surface area (Å²) in [6.45, 7) is 1.06. The number of halogens is 2. The van der Waals surface area contributed by atoms with E-state index in [1.165, 1.54) is 43.5 Å². The van der Waals surface area contributed by atoms with E-state index in [2.05, 4.69) is 5.32 Å². The fourth-order valence-electron chi connectivity index (χ4n) is 4.37. The molecule has 1 aliphatic carbocycles. The van der Waals surface area contributed by atoms with E-state index in [0.29, 0.717) is 37.5 Å². The van der Waals surface area contributed by atoms with Gasteiger partial charge in [0.1, 0.15) is 11.6 Å². The summed E-state index contributed by atoms with van der Waals surface area (Å²) < 4.78 is 26.5. The number of carbonyl (C=O) groups is 2. The molecular formula is C22H29F2N3O2. The van der Waals surface area contributed by atoms with Gasteiger partial charge in [-0.2, -0.15) is 0 Å². The fourth-order valence-corrected chi connectivity index (χ4v) is 4.37. The maximum Gasteiger partial charge on any atom is 0.246 e. The van der Waals surface area contributed by atoms with Crippen LogP contribution in [0.3, 0.4) is 0 Å². The van der Waals surface area contributed by atoms with E-state index in [4.69, 9.17) is 5.73 Å². The van der Waals surface area contributed by atoms with Gasteiger partial charge in [-0.1, -0.05) is 19.3 Å². The molecule has 0 bridgehead atoms. The number of hydrogen-bond donors (Lipinski definition) is 2. The van der Waals surface area contributed by atoms with Gasteiger partial charge >= 0.3 is 0 Å². The standard InChI is InChI=1S/C22H29F2N3O2/c23-17-12-15(13-18(24)14-17)6-7-20(28)27-10-8-16(9-11-27)21(22(25)29)26-19-4-2-1-3-5-19/h6-7,12-14,16,19,21,26H,1-5,8-11H2,(H2,25,29)/b7-6+. The van der Waals surface area contributed by atoms with Gasteiger partial charge in [0.05, 0.1) is 6.04 Å². The van der Waals surface area contributed by atoms with E-state index in [1.807, 2.05) is 0 Å². The van der Waals surface area contributed by atoms with Crippen LogP contribution in [0.25, 0.3) is 6.08 Å². The molecule has 1 saturated heterocycles. The first kappa shape index (κ1) is 21.4. The normalized spacial score (nSPS) is 20.1. The molecular weight excluding hydrogens is 376 g/mol. The minimum Gasteiger partial charge on any atom is -0.368 e. The maximum absolute atomic E-state index is 13.2. The van der Waals surface area contributed by atoms with Crippen LogP contribution in [0.4, 0.5) is 8.78 Å². The van der Waals surface area contributed by atoms with Crippen LogP contribution < -0.4 is 11.1 Å². The van der Waals surface area contributed by atoms with Crippen molar-refractivity contribution in [3.8, 4) is 0 Å². The molecule has 29 heavy (non-hydrogen) atoms. The molecule has 1 saturated carbocycles. The Morgan fingerprint density at radius 3 is 2.24 bits per heavy atom. The van der Waals surface area contributed by atoms with E-state index < -0.39 is 11.6 Å². The van der Waals surface area contributed by atoms with Crippen molar-refractivity contribution in [3.05, 3.63) is 41.5 Å². The molecule has 7 heteroatoms. The number of benzene rings is 1. The van der Waals surface area contributed by atoms with Crippen molar-refractivity contribution in [2.75, 3.05) is 13.1 Å². The molecule has 0 radical (unpaired) electrons. The highest BCUT2D eigenvalue weighted by molar-refractivity contribution is 5.91. The van der Waals surface area contributed by atoms with Crippen LogP contribution in [0.15, 0.2) is 24.3 Å². The van der Waals surface area contributed by atoms with Gasteiger partial charge in [-0.25, -0.2) is 8.78 Å². The topological polar surface area (TPSA) is 75.4 Å². The molecule has 0 spiro atoms. The van der Waals surface area contributed by atoms with Crippen molar-refractivity contribution in [1.82, 2.24) is 10.2 Å². The molecule has 0 aromatic heterocycles. The number of carbonyl (C=O) groups excluding carboxylic acids is 2. The van der Waals surface area contributed by atoms with Crippen molar-refractivity contribution < 1.29 is 18.4 Å². The number of likely N-dealkylation sites (tertiary alicyclic amines) is 1. The van der Waals surface area contributed by atoms with Crippen LogP contribution in [-0.4, -0.2) is 41.9 Å². The second kappa shape index (κ2) is 9.96. The van der Waals surface area contributed by atoms with E-state index in [0.717, 1.165) is 18.9 Å². The Morgan fingerprint density at radius 1 is 1.03 bits per heavy atom. The summed E-state index contributed by atoms with van der Waals surface area (Å²) in [5.41, 5.74) is 5.96. The zero-order valence-corrected chi connectivity index (χ0v) is 16.6. The highest BCUT2D eigenvalue weighted by Crippen LogP contribution is 2.24. The molecule has 1 aromatic carbocycles. The van der Waals surface area contributed by atoms with Crippen molar-refractivity contribution >= 4 is 17.9 Å². The van der Waals surface area contributed by atoms with Crippen LogP contribution in [0.5, 0.6) is 0 Å². The minimum absolute atomic E-state index is 0.111. The number of amides is 2. The van der Waals surface area contributed by atoms with Gasteiger partial charge in [-0.15, -0.1) is 0 Å². The predicted molar refractivity (Wildman–Crippen MR) is 108 cm³/mol. The van der Waals surface area contributed by atoms with Crippen molar-refractivity contribution in [1.29, 1.82) is 0 Å². The molecule has 3 rings (SSSR count). The lowest BCUT2D eigenvalue weighted by molar-refractivity contribution is -0.128. The summed E-state index contributed by atoms with van der Waals surface area (Å²) in [5, 5.41) is 3.46. The smallest absolute Gasteiger partial charge is 0.246 e. The summed E-state index contributed by atoms with van der Waals surface area (Å²) >= 11 is 0. The Hall–Kier alpha value is -2.28. The lowest BCUT2D eigenvalue weighted by atomic mass is 9.86. The third-order valence-electron chi connectivity index (χ3n) is 5.95. The number of nitrogens with one attached hydrogen (secondary N) is 1. The summed E-state index contributed by atoms with van der Waals surface area (Å²) in [4.78, 5) is 26.1. The maximum atomic E-state index is 13.2. The predicted octanol–water partition coefficient (Wildman–Crippen LogP) is 2.99. The number of piperidine rings is 1. The quantitative estimate of drug-likeness (QED) is 0.715. The van der Waals surface area contributed by atoms with Gasteiger partial charge in [0.2, 0.25) is 11.8 Å². The number of rotatable bonds is 6. The first-order valence-corrected chi connectivity index (χ1v) is 10.4. The van der Waals surface area contributed by atoms with Gasteiger partial charge < -0.3 is 16.0 Å². The van der Waals surface area contributed by atoms with Crippen LogP contribution in [-0.2, 0) is 9.59 Å². The average molecular weight is 405 g/mol. The molecule has 1 atom stereocenters. The number of nitrogens with two attached hydrogens (primary N) is 1. The third-order valence-corrected chi connectivity index (χ3v) is 5.95. The van der Waals surface area contributed by atoms with E-state index in [1.54, 1.807) is 4.90 Å². The van der Waals surface area contributed by atoms with Gasteiger partial charge in [-0.3, -0.25) is 9.59 Å². The summed E-state index contributed by atoms with van der Waals surface area (Å²) in [7, 11) is 0. The van der Waals surface area contributed by atoms with E-state index in [-0.39, 0.29) is 23.8 Å². The first-order chi connectivity index (χ1) is 13.9. The highest BCUT2D eigenvalue weighted by atomic mass is 19.1. The summed E-state index contributed by atoms with van der Waals surface area (Å²) in [5.74, 6) is -1.78. The molecule has 158 valence electrons. The zero-order chi connectivity index (χ0) is 20.8. The van der Waals surface area contributed by atoms with E-state index in [9.17, 15) is 18.4 Å². The SMILES string of the molecule is NC(=O)C(NC1CCCCC1)C1CCN(C(=O)/C=C/c2cc(F)cc(F)c2)CC1. The second-order valence-corrected chi connectivity index (χ2v) is 8.08. The molecule has 1 aromatic rings. The van der Waals surface area contributed by atoms with E-state index >= 15 is 0 Å². The highest BCUT2D eigenvalue weighted by Gasteiger charge is 2.32. The zero-order valence-electron chi connectivity index (χ0n) is 16.6. The van der Waals surface area contributed by atoms with Crippen LogP contribution in [0, 0.1) is 17.6 Å². The lowest BCUT2D eigenvalue weighted by Gasteiger charge is -2.37. The summed E-state index contributed by atoms with van der Waals surface area (Å²) in [6, 6.07) is 3.12. The third kappa shape index (κ3) is 6.10. The van der Waals surface area contributed by atoms with Gasteiger partial charge in [0.25, 0.3) is 0 Å². The Bertz CT molecular complexity index is 734. The second-order valence-electron chi connectivity index (χ2n) is 8.08. The Morgan fingerprint density at radius 2 is 1.66 bits per heavy atom. The van der Waals surface area contributed by atoms with Crippen molar-refractivity contribution in [2.45, 2.75) is 57.0 Å². The Labute approximate surface area is 170 Å². The molecule has 5 nitrogen and oxygen atoms in total. The number of primary amides is 1. The van der Waals surface area contributed by atoms with Crippen molar-refractivity contribution in [3.63, 3.8) is 0 Å². The van der Waals surface area contributed by atoms with Crippen LogP contribution in [0.1, 0.15) is 50.5 Å². The number of nitrogens with zero attached hydrogens (tertiary/aromatic N) is 1. The molecule has 2 fully saturated rings. The summed E-state index contributed by atoms with van der Waals surface area (Å²) in [6.07, 6.45) is 9.89. The Kier molecular flexibility index (Phi) is 7.36. The fraction of sp³-hybridized carbons (Fsp3) is 0.545. The van der Waals surface area contributed by atoms with Gasteiger partial charge in [0, 0.05) is 31.3 Å². The first-order valence-electron chi connectivity index (χ1n) is 10.4. The largest absolute Gasteiger partial charge is 0.368 e. The monoisotopic (exact) mass is 405 g/mol. The molecule has 1 aliphatic heterocycles. The minimum atomic E-state index is -0.680. The average Bonchev–Trinajstić information content (AvgIpc) is 2.70. The van der Waals surface area contributed by atoms with Gasteiger partial charge in [-0.05, 0) is 55.4 Å². The number of hydrogen-bond acceptors (Lipinski definition) is 3. The van der Waals surface area contributed by atoms with Crippen LogP contribution >= 0.6 is 0 Å². The molecule has 1 heterocycles. The molecule has 3 N–H and O–H groups in total. The molecule has 2 amide bonds. The van der Waals surface area contributed by atoms with Crippen molar-refractivity contribution in [2.24, 2.45) is 11.7 Å². The molecule has 1 unspecified atom stereocenters. The van der Waals surface area contributed by atoms with Gasteiger partial charge in [0.15, 0.2) is 0 Å². The Balaban J connectivity index is 1.53. The lowest BCUT2D eigenvalue weighted by Crippen LogP contribution is -2.53.